The summed E-state index contributed by atoms with van der Waals surface area (Å²) in [5.74, 6) is 0.385. The third kappa shape index (κ3) is 4.57. The molecule has 160 valence electrons. The minimum atomic E-state index is -0.337. The highest BCUT2D eigenvalue weighted by atomic mass is 35.5. The summed E-state index contributed by atoms with van der Waals surface area (Å²) < 4.78 is 1.97. The predicted molar refractivity (Wildman–Crippen MR) is 117 cm³/mol. The second kappa shape index (κ2) is 9.26. The molecular weight excluding hydrogens is 424 g/mol. The standard InChI is InChI=1S/C20H25ClN6O2S/c21-15-6-3-7-16(11-15)27-19(25-8-1-2-9-25)23-24-20(27)30-13-17(28)26-10-4-5-14(12-26)18(22)29/h3,6-7,11,14H,1-2,4-5,8-10,12-13H2,(H2,22,29). The number of nitrogens with zero attached hydrogens (tertiary/aromatic N) is 5. The molecule has 8 nitrogen and oxygen atoms in total. The SMILES string of the molecule is NC(=O)C1CCCN(C(=O)CSc2nnc(N3CCCC3)n2-c2cccc(Cl)c2)C1. The van der Waals surface area contributed by atoms with Crippen LogP contribution >= 0.6 is 23.4 Å². The van der Waals surface area contributed by atoms with Gasteiger partial charge in [-0.3, -0.25) is 14.2 Å². The van der Waals surface area contributed by atoms with Gasteiger partial charge in [0.05, 0.1) is 17.4 Å². The Morgan fingerprint density at radius 3 is 2.70 bits per heavy atom. The van der Waals surface area contributed by atoms with E-state index in [4.69, 9.17) is 17.3 Å². The highest BCUT2D eigenvalue weighted by Gasteiger charge is 2.28. The molecule has 2 aliphatic heterocycles. The Balaban J connectivity index is 1.52. The number of carbonyl (C=O) groups is 2. The quantitative estimate of drug-likeness (QED) is 0.681. The lowest BCUT2D eigenvalue weighted by molar-refractivity contribution is -0.132. The molecule has 2 saturated heterocycles. The van der Waals surface area contributed by atoms with Crippen LogP contribution in [-0.4, -0.2) is 63.4 Å². The van der Waals surface area contributed by atoms with E-state index in [1.165, 1.54) is 11.8 Å². The van der Waals surface area contributed by atoms with Crippen molar-refractivity contribution < 1.29 is 9.59 Å². The van der Waals surface area contributed by atoms with Crippen molar-refractivity contribution in [3.8, 4) is 5.69 Å². The van der Waals surface area contributed by atoms with E-state index in [0.717, 1.165) is 50.4 Å². The van der Waals surface area contributed by atoms with Gasteiger partial charge in [-0.15, -0.1) is 10.2 Å². The zero-order chi connectivity index (χ0) is 21.1. The van der Waals surface area contributed by atoms with Crippen LogP contribution in [0.2, 0.25) is 5.02 Å². The zero-order valence-electron chi connectivity index (χ0n) is 16.7. The summed E-state index contributed by atoms with van der Waals surface area (Å²) in [7, 11) is 0. The van der Waals surface area contributed by atoms with Crippen molar-refractivity contribution in [2.75, 3.05) is 36.8 Å². The molecule has 0 radical (unpaired) electrons. The number of primary amides is 1. The van der Waals surface area contributed by atoms with Gasteiger partial charge in [0.25, 0.3) is 0 Å². The lowest BCUT2D eigenvalue weighted by atomic mass is 9.97. The fourth-order valence-electron chi connectivity index (χ4n) is 3.97. The first-order chi connectivity index (χ1) is 14.5. The number of hydrogen-bond donors (Lipinski definition) is 1. The number of aromatic nitrogens is 3. The van der Waals surface area contributed by atoms with E-state index < -0.39 is 0 Å². The van der Waals surface area contributed by atoms with Crippen LogP contribution in [0.3, 0.4) is 0 Å². The van der Waals surface area contributed by atoms with Crippen LogP contribution in [-0.2, 0) is 9.59 Å². The van der Waals surface area contributed by atoms with Crippen LogP contribution in [0, 0.1) is 5.92 Å². The van der Waals surface area contributed by atoms with Crippen LogP contribution in [0.1, 0.15) is 25.7 Å². The summed E-state index contributed by atoms with van der Waals surface area (Å²) >= 11 is 7.57. The monoisotopic (exact) mass is 448 g/mol. The summed E-state index contributed by atoms with van der Waals surface area (Å²) in [6.45, 7) is 2.92. The van der Waals surface area contributed by atoms with Gasteiger partial charge in [0.1, 0.15) is 0 Å². The van der Waals surface area contributed by atoms with E-state index in [9.17, 15) is 9.59 Å². The summed E-state index contributed by atoms with van der Waals surface area (Å²) in [5.41, 5.74) is 6.31. The number of amides is 2. The van der Waals surface area contributed by atoms with E-state index in [2.05, 4.69) is 15.1 Å². The maximum atomic E-state index is 12.8. The van der Waals surface area contributed by atoms with Crippen LogP contribution < -0.4 is 10.6 Å². The summed E-state index contributed by atoms with van der Waals surface area (Å²) in [4.78, 5) is 28.2. The number of carbonyl (C=O) groups excluding carboxylic acids is 2. The van der Waals surface area contributed by atoms with Gasteiger partial charge < -0.3 is 15.5 Å². The molecular formula is C20H25ClN6O2S. The molecule has 2 amide bonds. The van der Waals surface area contributed by atoms with Gasteiger partial charge in [0.15, 0.2) is 5.16 Å². The number of anilines is 1. The zero-order valence-corrected chi connectivity index (χ0v) is 18.2. The fraction of sp³-hybridized carbons (Fsp3) is 0.500. The van der Waals surface area contributed by atoms with E-state index in [1.807, 2.05) is 28.8 Å². The molecule has 2 fully saturated rings. The van der Waals surface area contributed by atoms with E-state index in [1.54, 1.807) is 4.90 Å². The first-order valence-corrected chi connectivity index (χ1v) is 11.6. The smallest absolute Gasteiger partial charge is 0.233 e. The van der Waals surface area contributed by atoms with Gasteiger partial charge >= 0.3 is 0 Å². The molecule has 0 bridgehead atoms. The highest BCUT2D eigenvalue weighted by molar-refractivity contribution is 7.99. The van der Waals surface area contributed by atoms with Crippen molar-refractivity contribution >= 4 is 41.1 Å². The largest absolute Gasteiger partial charge is 0.369 e. The Hall–Kier alpha value is -2.26. The molecule has 1 aromatic heterocycles. The van der Waals surface area contributed by atoms with Crippen molar-refractivity contribution in [1.82, 2.24) is 19.7 Å². The van der Waals surface area contributed by atoms with Gasteiger partial charge in [-0.1, -0.05) is 29.4 Å². The second-order valence-corrected chi connectivity index (χ2v) is 9.04. The van der Waals surface area contributed by atoms with Crippen molar-refractivity contribution in [3.63, 3.8) is 0 Å². The molecule has 30 heavy (non-hydrogen) atoms. The average Bonchev–Trinajstić information content (AvgIpc) is 3.41. The molecule has 0 saturated carbocycles. The number of halogens is 1. The van der Waals surface area contributed by atoms with Crippen molar-refractivity contribution in [1.29, 1.82) is 0 Å². The molecule has 0 aliphatic carbocycles. The molecule has 4 rings (SSSR count). The van der Waals surface area contributed by atoms with E-state index >= 15 is 0 Å². The third-order valence-corrected chi connectivity index (χ3v) is 6.72. The van der Waals surface area contributed by atoms with Gasteiger partial charge in [-0.05, 0) is 43.9 Å². The Kier molecular flexibility index (Phi) is 6.48. The summed E-state index contributed by atoms with van der Waals surface area (Å²) in [6.07, 6.45) is 3.79. The Morgan fingerprint density at radius 2 is 1.97 bits per heavy atom. The second-order valence-electron chi connectivity index (χ2n) is 7.66. The summed E-state index contributed by atoms with van der Waals surface area (Å²) in [6, 6.07) is 7.55. The van der Waals surface area contributed by atoms with Gasteiger partial charge in [-0.2, -0.15) is 0 Å². The maximum absolute atomic E-state index is 12.8. The van der Waals surface area contributed by atoms with Crippen molar-refractivity contribution in [2.45, 2.75) is 30.8 Å². The van der Waals surface area contributed by atoms with Crippen LogP contribution in [0.5, 0.6) is 0 Å². The van der Waals surface area contributed by atoms with Crippen LogP contribution in [0.4, 0.5) is 5.95 Å². The van der Waals surface area contributed by atoms with Crippen LogP contribution in [0.15, 0.2) is 29.4 Å². The molecule has 1 unspecified atom stereocenters. The molecule has 0 spiro atoms. The van der Waals surface area contributed by atoms with Crippen LogP contribution in [0.25, 0.3) is 5.69 Å². The predicted octanol–water partition coefficient (Wildman–Crippen LogP) is 2.34. The van der Waals surface area contributed by atoms with Gasteiger partial charge in [-0.25, -0.2) is 0 Å². The minimum Gasteiger partial charge on any atom is -0.369 e. The first kappa shape index (κ1) is 21.0. The molecule has 1 aromatic carbocycles. The average molecular weight is 449 g/mol. The number of likely N-dealkylation sites (tertiary alicyclic amines) is 1. The number of nitrogens with two attached hydrogens (primary N) is 1. The molecule has 10 heteroatoms. The summed E-state index contributed by atoms with van der Waals surface area (Å²) in [5, 5.41) is 10.1. The first-order valence-electron chi connectivity index (χ1n) is 10.2. The van der Waals surface area contributed by atoms with Crippen molar-refractivity contribution in [3.05, 3.63) is 29.3 Å². The molecule has 3 heterocycles. The lowest BCUT2D eigenvalue weighted by Gasteiger charge is -2.31. The highest BCUT2D eigenvalue weighted by Crippen LogP contribution is 2.30. The van der Waals surface area contributed by atoms with Gasteiger partial charge in [0, 0.05) is 31.2 Å². The lowest BCUT2D eigenvalue weighted by Crippen LogP contribution is -2.44. The molecule has 2 aliphatic rings. The van der Waals surface area contributed by atoms with Gasteiger partial charge in [0.2, 0.25) is 17.8 Å². The minimum absolute atomic E-state index is 0.0192. The Bertz CT molecular complexity index is 930. The maximum Gasteiger partial charge on any atom is 0.233 e. The fourth-order valence-corrected chi connectivity index (χ4v) is 5.01. The third-order valence-electron chi connectivity index (χ3n) is 5.57. The number of thioether (sulfide) groups is 1. The topological polar surface area (TPSA) is 97.3 Å². The number of benzene rings is 1. The number of rotatable bonds is 6. The molecule has 2 N–H and O–H groups in total. The van der Waals surface area contributed by atoms with Crippen molar-refractivity contribution in [2.24, 2.45) is 11.7 Å². The number of hydrogen-bond acceptors (Lipinski definition) is 6. The Morgan fingerprint density at radius 1 is 1.17 bits per heavy atom. The van der Waals surface area contributed by atoms with E-state index in [-0.39, 0.29) is 23.5 Å². The normalized spacial score (nSPS) is 19.3. The molecule has 1 atom stereocenters. The molecule has 2 aromatic rings. The van der Waals surface area contributed by atoms with E-state index in [0.29, 0.717) is 23.3 Å². The Labute approximate surface area is 184 Å². The number of piperidine rings is 1.